The Morgan fingerprint density at radius 1 is 1.07 bits per heavy atom. The fraction of sp³-hybridized carbons (Fsp3) is 0.292. The molecule has 1 fully saturated rings. The van der Waals surface area contributed by atoms with Gasteiger partial charge < -0.3 is 10.6 Å². The smallest absolute Gasteiger partial charge is 0.255 e. The van der Waals surface area contributed by atoms with Gasteiger partial charge in [0.1, 0.15) is 5.82 Å². The highest BCUT2D eigenvalue weighted by Crippen LogP contribution is 2.30. The van der Waals surface area contributed by atoms with Crippen LogP contribution in [0.2, 0.25) is 0 Å². The van der Waals surface area contributed by atoms with Crippen LogP contribution in [0.4, 0.5) is 5.82 Å². The van der Waals surface area contributed by atoms with Crippen LogP contribution in [-0.4, -0.2) is 29.0 Å². The number of anilines is 1. The molecule has 0 radical (unpaired) electrons. The van der Waals surface area contributed by atoms with Crippen molar-refractivity contribution < 1.29 is 4.79 Å². The number of aryl methyl sites for hydroxylation is 1. The Morgan fingerprint density at radius 2 is 1.90 bits per heavy atom. The molecule has 0 saturated heterocycles. The van der Waals surface area contributed by atoms with Gasteiger partial charge in [-0.15, -0.1) is 0 Å². The fourth-order valence-electron chi connectivity index (χ4n) is 3.17. The first-order valence-corrected chi connectivity index (χ1v) is 10.2. The maximum atomic E-state index is 12.8. The van der Waals surface area contributed by atoms with E-state index in [1.54, 1.807) is 6.20 Å². The topological polar surface area (TPSA) is 66.9 Å². The molecule has 5 heteroatoms. The summed E-state index contributed by atoms with van der Waals surface area (Å²) in [7, 11) is 0. The molecule has 0 aliphatic heterocycles. The lowest BCUT2D eigenvalue weighted by Gasteiger charge is -2.13. The summed E-state index contributed by atoms with van der Waals surface area (Å²) >= 11 is 0. The summed E-state index contributed by atoms with van der Waals surface area (Å²) in [6.07, 6.45) is 4.96. The van der Waals surface area contributed by atoms with E-state index in [1.807, 2.05) is 30.3 Å². The van der Waals surface area contributed by atoms with Gasteiger partial charge in [-0.1, -0.05) is 35.9 Å². The lowest BCUT2D eigenvalue weighted by molar-refractivity contribution is 0.0954. The minimum atomic E-state index is -0.109. The second kappa shape index (κ2) is 8.86. The Labute approximate surface area is 171 Å². The van der Waals surface area contributed by atoms with Gasteiger partial charge in [-0.25, -0.2) is 4.98 Å². The summed E-state index contributed by atoms with van der Waals surface area (Å²) in [4.78, 5) is 21.9. The molecular weight excluding hydrogens is 360 g/mol. The predicted molar refractivity (Wildman–Crippen MR) is 116 cm³/mol. The molecule has 5 nitrogen and oxygen atoms in total. The molecule has 2 heterocycles. The molecule has 1 aromatic carbocycles. The summed E-state index contributed by atoms with van der Waals surface area (Å²) < 4.78 is 0. The van der Waals surface area contributed by atoms with Gasteiger partial charge in [0, 0.05) is 37.0 Å². The molecule has 0 spiro atoms. The van der Waals surface area contributed by atoms with Crippen LogP contribution >= 0.6 is 0 Å². The summed E-state index contributed by atoms with van der Waals surface area (Å²) in [5.41, 5.74) is 4.68. The second-order valence-corrected chi connectivity index (χ2v) is 7.61. The highest BCUT2D eigenvalue weighted by Gasteiger charge is 2.22. The van der Waals surface area contributed by atoms with Crippen LogP contribution in [0.5, 0.6) is 0 Å². The van der Waals surface area contributed by atoms with Crippen molar-refractivity contribution in [2.24, 2.45) is 5.92 Å². The first kappa shape index (κ1) is 19.1. The number of benzene rings is 1. The first-order valence-electron chi connectivity index (χ1n) is 10.2. The highest BCUT2D eigenvalue weighted by atomic mass is 16.1. The molecule has 0 unspecified atom stereocenters. The van der Waals surface area contributed by atoms with Gasteiger partial charge >= 0.3 is 0 Å². The normalized spacial score (nSPS) is 13.1. The SMILES string of the molecule is Cc1ccc(-c2ccc(C(=O)NCCc3ccccn3)c(NCC3CC3)n2)cc1. The summed E-state index contributed by atoms with van der Waals surface area (Å²) in [5, 5.41) is 6.40. The summed E-state index contributed by atoms with van der Waals surface area (Å²) in [6, 6.07) is 17.9. The number of hydrogen-bond donors (Lipinski definition) is 2. The second-order valence-electron chi connectivity index (χ2n) is 7.61. The van der Waals surface area contributed by atoms with Gasteiger partial charge in [0.15, 0.2) is 0 Å². The van der Waals surface area contributed by atoms with Crippen LogP contribution in [0.15, 0.2) is 60.8 Å². The Morgan fingerprint density at radius 3 is 2.62 bits per heavy atom. The van der Waals surface area contributed by atoms with Crippen molar-refractivity contribution in [1.29, 1.82) is 0 Å². The molecule has 4 rings (SSSR count). The average Bonchev–Trinajstić information content (AvgIpc) is 3.58. The zero-order valence-electron chi connectivity index (χ0n) is 16.7. The average molecular weight is 386 g/mol. The Kier molecular flexibility index (Phi) is 5.84. The van der Waals surface area contributed by atoms with Gasteiger partial charge in [-0.3, -0.25) is 9.78 Å². The molecule has 1 amide bonds. The molecule has 148 valence electrons. The van der Waals surface area contributed by atoms with E-state index in [0.717, 1.165) is 23.5 Å². The maximum Gasteiger partial charge on any atom is 0.255 e. The van der Waals surface area contributed by atoms with Gasteiger partial charge in [0.05, 0.1) is 11.3 Å². The largest absolute Gasteiger partial charge is 0.369 e. The van der Waals surface area contributed by atoms with E-state index >= 15 is 0 Å². The van der Waals surface area contributed by atoms with Crippen molar-refractivity contribution in [2.45, 2.75) is 26.2 Å². The monoisotopic (exact) mass is 386 g/mol. The number of hydrogen-bond acceptors (Lipinski definition) is 4. The first-order chi connectivity index (χ1) is 14.2. The number of nitrogens with zero attached hydrogens (tertiary/aromatic N) is 2. The quantitative estimate of drug-likeness (QED) is 0.607. The minimum absolute atomic E-state index is 0.109. The van der Waals surface area contributed by atoms with Crippen LogP contribution in [0, 0.1) is 12.8 Å². The molecule has 0 bridgehead atoms. The Balaban J connectivity index is 1.49. The van der Waals surface area contributed by atoms with Crippen molar-refractivity contribution in [3.8, 4) is 11.3 Å². The highest BCUT2D eigenvalue weighted by molar-refractivity contribution is 5.99. The molecule has 1 aliphatic carbocycles. The van der Waals surface area contributed by atoms with E-state index in [2.05, 4.69) is 46.8 Å². The van der Waals surface area contributed by atoms with Crippen molar-refractivity contribution in [1.82, 2.24) is 15.3 Å². The molecule has 2 aromatic heterocycles. The van der Waals surface area contributed by atoms with Crippen molar-refractivity contribution in [3.63, 3.8) is 0 Å². The number of rotatable bonds is 8. The zero-order valence-corrected chi connectivity index (χ0v) is 16.7. The molecule has 1 saturated carbocycles. The minimum Gasteiger partial charge on any atom is -0.369 e. The van der Waals surface area contributed by atoms with E-state index in [4.69, 9.17) is 4.98 Å². The molecular formula is C24H26N4O. The van der Waals surface area contributed by atoms with E-state index in [-0.39, 0.29) is 5.91 Å². The Bertz CT molecular complexity index is 966. The van der Waals surface area contributed by atoms with Crippen LogP contribution < -0.4 is 10.6 Å². The van der Waals surface area contributed by atoms with E-state index in [1.165, 1.54) is 18.4 Å². The molecule has 2 N–H and O–H groups in total. The third kappa shape index (κ3) is 5.19. The van der Waals surface area contributed by atoms with Crippen molar-refractivity contribution in [3.05, 3.63) is 77.6 Å². The Hall–Kier alpha value is -3.21. The van der Waals surface area contributed by atoms with Crippen molar-refractivity contribution >= 4 is 11.7 Å². The summed E-state index contributed by atoms with van der Waals surface area (Å²) in [6.45, 7) is 3.47. The number of aromatic nitrogens is 2. The number of nitrogens with one attached hydrogen (secondary N) is 2. The van der Waals surface area contributed by atoms with E-state index in [9.17, 15) is 4.79 Å². The van der Waals surface area contributed by atoms with E-state index < -0.39 is 0 Å². The standard InChI is InChI=1S/C24H26N4O/c1-17-5-9-19(10-6-17)22-12-11-21(23(28-22)27-16-18-7-8-18)24(29)26-15-13-20-4-2-3-14-25-20/h2-6,9-12,14,18H,7-8,13,15-16H2,1H3,(H,26,29)(H,27,28). The van der Waals surface area contributed by atoms with Gasteiger partial charge in [-0.2, -0.15) is 0 Å². The third-order valence-electron chi connectivity index (χ3n) is 5.14. The van der Waals surface area contributed by atoms with Gasteiger partial charge in [0.25, 0.3) is 5.91 Å². The van der Waals surface area contributed by atoms with Crippen LogP contribution in [0.25, 0.3) is 11.3 Å². The lowest BCUT2D eigenvalue weighted by atomic mass is 10.1. The predicted octanol–water partition coefficient (Wildman–Crippen LogP) is 4.25. The number of pyridine rings is 2. The van der Waals surface area contributed by atoms with Gasteiger partial charge in [-0.05, 0) is 49.9 Å². The summed E-state index contributed by atoms with van der Waals surface area (Å²) in [5.74, 6) is 1.24. The van der Waals surface area contributed by atoms with Crippen molar-refractivity contribution in [2.75, 3.05) is 18.4 Å². The van der Waals surface area contributed by atoms with Crippen LogP contribution in [-0.2, 0) is 6.42 Å². The number of amides is 1. The molecule has 3 aromatic rings. The lowest BCUT2D eigenvalue weighted by Crippen LogP contribution is -2.27. The zero-order chi connectivity index (χ0) is 20.1. The van der Waals surface area contributed by atoms with E-state index in [0.29, 0.717) is 30.3 Å². The maximum absolute atomic E-state index is 12.8. The number of carbonyl (C=O) groups excluding carboxylic acids is 1. The number of carbonyl (C=O) groups is 1. The fourth-order valence-corrected chi connectivity index (χ4v) is 3.17. The molecule has 0 atom stereocenters. The van der Waals surface area contributed by atoms with Gasteiger partial charge in [0.2, 0.25) is 0 Å². The van der Waals surface area contributed by atoms with Crippen LogP contribution in [0.3, 0.4) is 0 Å². The molecule has 1 aliphatic rings. The van der Waals surface area contributed by atoms with Crippen LogP contribution in [0.1, 0.15) is 34.5 Å². The third-order valence-corrected chi connectivity index (χ3v) is 5.14. The molecule has 29 heavy (non-hydrogen) atoms.